The van der Waals surface area contributed by atoms with Crippen LogP contribution in [0.15, 0.2) is 18.2 Å². The van der Waals surface area contributed by atoms with Gasteiger partial charge in [0.2, 0.25) is 0 Å². The Labute approximate surface area is 142 Å². The molecule has 2 heterocycles. The molecule has 6 heteroatoms. The molecule has 1 aromatic carbocycles. The van der Waals surface area contributed by atoms with Crippen LogP contribution >= 0.6 is 0 Å². The lowest BCUT2D eigenvalue weighted by atomic mass is 9.88. The van der Waals surface area contributed by atoms with E-state index in [1.54, 1.807) is 18.2 Å². The van der Waals surface area contributed by atoms with Crippen LogP contribution in [0.2, 0.25) is 0 Å². The summed E-state index contributed by atoms with van der Waals surface area (Å²) in [5.74, 6) is 0.987. The minimum atomic E-state index is -0.358. The zero-order valence-electron chi connectivity index (χ0n) is 14.7. The highest BCUT2D eigenvalue weighted by molar-refractivity contribution is 5.59. The van der Waals surface area contributed by atoms with Gasteiger partial charge in [-0.05, 0) is 31.7 Å². The molecular weight excluding hydrogens is 304 g/mol. The number of hydrogen-bond donors (Lipinski definition) is 1. The molecule has 0 unspecified atom stereocenters. The molecule has 128 valence electrons. The molecule has 3 rings (SSSR count). The van der Waals surface area contributed by atoms with Crippen molar-refractivity contribution in [1.29, 1.82) is 0 Å². The maximum atomic E-state index is 11.2. The zero-order chi connectivity index (χ0) is 17.5. The van der Waals surface area contributed by atoms with E-state index >= 15 is 0 Å². The Morgan fingerprint density at radius 3 is 2.71 bits per heavy atom. The molecule has 0 atom stereocenters. The third kappa shape index (κ3) is 2.88. The lowest BCUT2D eigenvalue weighted by molar-refractivity contribution is -0.384. The van der Waals surface area contributed by atoms with Crippen LogP contribution in [0, 0.1) is 17.0 Å². The number of rotatable bonds is 2. The molecule has 1 aliphatic heterocycles. The van der Waals surface area contributed by atoms with E-state index in [1.165, 1.54) is 5.56 Å². The van der Waals surface area contributed by atoms with Gasteiger partial charge >= 0.3 is 0 Å². The van der Waals surface area contributed by atoms with E-state index in [2.05, 4.69) is 26.1 Å². The molecule has 0 aliphatic carbocycles. The number of non-ortho nitro benzene ring substituents is 1. The van der Waals surface area contributed by atoms with Crippen LogP contribution in [0.25, 0.3) is 5.69 Å². The summed E-state index contributed by atoms with van der Waals surface area (Å²) in [5, 5.41) is 19.5. The predicted molar refractivity (Wildman–Crippen MR) is 95.1 cm³/mol. The SMILES string of the molecule is Cc1ccc([N+](=O)[O-])cc1-n1nc(C(C)(C)C)c2c1NCCCC2. The first-order valence-corrected chi connectivity index (χ1v) is 8.40. The Morgan fingerprint density at radius 1 is 1.29 bits per heavy atom. The molecule has 6 nitrogen and oxygen atoms in total. The summed E-state index contributed by atoms with van der Waals surface area (Å²) >= 11 is 0. The number of hydrogen-bond acceptors (Lipinski definition) is 4. The van der Waals surface area contributed by atoms with E-state index in [0.717, 1.165) is 48.6 Å². The fourth-order valence-corrected chi connectivity index (χ4v) is 3.22. The molecule has 1 aliphatic rings. The molecule has 2 aromatic rings. The summed E-state index contributed by atoms with van der Waals surface area (Å²) in [4.78, 5) is 10.8. The summed E-state index contributed by atoms with van der Waals surface area (Å²) in [7, 11) is 0. The number of anilines is 1. The first-order valence-electron chi connectivity index (χ1n) is 8.40. The molecule has 1 N–H and O–H groups in total. The Morgan fingerprint density at radius 2 is 2.04 bits per heavy atom. The standard InChI is InChI=1S/C18H24N4O2/c1-12-8-9-13(22(23)24)11-15(12)21-17-14(7-5-6-10-19-17)16(20-21)18(2,3)4/h8-9,11,19H,5-7,10H2,1-4H3. The smallest absolute Gasteiger partial charge is 0.271 e. The van der Waals surface area contributed by atoms with Crippen molar-refractivity contribution in [2.45, 2.75) is 52.4 Å². The first kappa shape index (κ1) is 16.5. The van der Waals surface area contributed by atoms with Gasteiger partial charge in [-0.25, -0.2) is 4.68 Å². The highest BCUT2D eigenvalue weighted by Gasteiger charge is 2.28. The van der Waals surface area contributed by atoms with E-state index in [-0.39, 0.29) is 16.0 Å². The minimum absolute atomic E-state index is 0.0734. The fourth-order valence-electron chi connectivity index (χ4n) is 3.22. The third-order valence-corrected chi connectivity index (χ3v) is 4.47. The van der Waals surface area contributed by atoms with Crippen LogP contribution < -0.4 is 5.32 Å². The van der Waals surface area contributed by atoms with Crippen molar-refractivity contribution in [3.8, 4) is 5.69 Å². The number of aromatic nitrogens is 2. The average molecular weight is 328 g/mol. The molecule has 1 aromatic heterocycles. The number of nitrogens with one attached hydrogen (secondary N) is 1. The number of nitro benzene ring substituents is 1. The summed E-state index contributed by atoms with van der Waals surface area (Å²) in [5.41, 5.74) is 4.06. The number of nitro groups is 1. The van der Waals surface area contributed by atoms with Crippen molar-refractivity contribution in [1.82, 2.24) is 9.78 Å². The van der Waals surface area contributed by atoms with Crippen LogP contribution in [0.3, 0.4) is 0 Å². The van der Waals surface area contributed by atoms with Crippen molar-refractivity contribution < 1.29 is 4.92 Å². The fraction of sp³-hybridized carbons (Fsp3) is 0.500. The lowest BCUT2D eigenvalue weighted by Crippen LogP contribution is -2.15. The Balaban J connectivity index is 2.24. The van der Waals surface area contributed by atoms with Gasteiger partial charge in [0.25, 0.3) is 5.69 Å². The highest BCUT2D eigenvalue weighted by Crippen LogP contribution is 2.35. The summed E-state index contributed by atoms with van der Waals surface area (Å²) in [6, 6.07) is 4.94. The molecule has 0 fully saturated rings. The predicted octanol–water partition coefficient (Wildman–Crippen LogP) is 4.13. The monoisotopic (exact) mass is 328 g/mol. The van der Waals surface area contributed by atoms with Gasteiger partial charge in [-0.15, -0.1) is 0 Å². The van der Waals surface area contributed by atoms with Crippen molar-refractivity contribution >= 4 is 11.5 Å². The second kappa shape index (κ2) is 5.92. The van der Waals surface area contributed by atoms with Gasteiger partial charge < -0.3 is 5.32 Å². The quantitative estimate of drug-likeness (QED) is 0.664. The summed E-state index contributed by atoms with van der Waals surface area (Å²) in [6.45, 7) is 9.33. The summed E-state index contributed by atoms with van der Waals surface area (Å²) < 4.78 is 1.86. The Hall–Kier alpha value is -2.37. The maximum absolute atomic E-state index is 11.2. The van der Waals surface area contributed by atoms with Gasteiger partial charge in [0, 0.05) is 29.7 Å². The number of aryl methyl sites for hydroxylation is 1. The molecule has 0 radical (unpaired) electrons. The molecule has 0 amide bonds. The highest BCUT2D eigenvalue weighted by atomic mass is 16.6. The van der Waals surface area contributed by atoms with E-state index in [9.17, 15) is 10.1 Å². The second-order valence-corrected chi connectivity index (χ2v) is 7.45. The number of nitrogens with zero attached hydrogens (tertiary/aromatic N) is 3. The van der Waals surface area contributed by atoms with Crippen LogP contribution in [-0.4, -0.2) is 21.2 Å². The van der Waals surface area contributed by atoms with Crippen molar-refractivity contribution in [3.63, 3.8) is 0 Å². The van der Waals surface area contributed by atoms with E-state index in [1.807, 2.05) is 11.6 Å². The van der Waals surface area contributed by atoms with E-state index < -0.39 is 0 Å². The van der Waals surface area contributed by atoms with Crippen LogP contribution in [0.5, 0.6) is 0 Å². The first-order chi connectivity index (χ1) is 11.3. The zero-order valence-corrected chi connectivity index (χ0v) is 14.7. The topological polar surface area (TPSA) is 73.0 Å². The number of benzene rings is 1. The second-order valence-electron chi connectivity index (χ2n) is 7.45. The van der Waals surface area contributed by atoms with Crippen LogP contribution in [0.1, 0.15) is 50.4 Å². The molecule has 0 saturated carbocycles. The lowest BCUT2D eigenvalue weighted by Gasteiger charge is -2.17. The van der Waals surface area contributed by atoms with Crippen LogP contribution in [0.4, 0.5) is 11.5 Å². The number of fused-ring (bicyclic) bond motifs is 1. The molecule has 0 saturated heterocycles. The third-order valence-electron chi connectivity index (χ3n) is 4.47. The van der Waals surface area contributed by atoms with Gasteiger partial charge in [-0.1, -0.05) is 26.8 Å². The molecular formula is C18H24N4O2. The van der Waals surface area contributed by atoms with Gasteiger partial charge in [-0.2, -0.15) is 5.10 Å². The minimum Gasteiger partial charge on any atom is -0.370 e. The normalized spacial score (nSPS) is 14.7. The molecule has 0 spiro atoms. The van der Waals surface area contributed by atoms with Gasteiger partial charge in [0.15, 0.2) is 0 Å². The largest absolute Gasteiger partial charge is 0.370 e. The van der Waals surface area contributed by atoms with Crippen LogP contribution in [-0.2, 0) is 11.8 Å². The van der Waals surface area contributed by atoms with Gasteiger partial charge in [0.1, 0.15) is 5.82 Å². The molecule has 0 bridgehead atoms. The Bertz CT molecular complexity index is 787. The van der Waals surface area contributed by atoms with Crippen molar-refractivity contribution in [2.24, 2.45) is 0 Å². The van der Waals surface area contributed by atoms with Gasteiger partial charge in [0.05, 0.1) is 16.3 Å². The average Bonchev–Trinajstić information content (AvgIpc) is 2.70. The maximum Gasteiger partial charge on any atom is 0.271 e. The van der Waals surface area contributed by atoms with E-state index in [0.29, 0.717) is 0 Å². The Kier molecular flexibility index (Phi) is 4.07. The molecule has 24 heavy (non-hydrogen) atoms. The van der Waals surface area contributed by atoms with Crippen molar-refractivity contribution in [2.75, 3.05) is 11.9 Å². The van der Waals surface area contributed by atoms with E-state index in [4.69, 9.17) is 5.10 Å². The summed E-state index contributed by atoms with van der Waals surface area (Å²) in [6.07, 6.45) is 3.23. The van der Waals surface area contributed by atoms with Crippen molar-refractivity contribution in [3.05, 3.63) is 45.1 Å². The van der Waals surface area contributed by atoms with Gasteiger partial charge in [-0.3, -0.25) is 10.1 Å².